The van der Waals surface area contributed by atoms with Crippen LogP contribution in [0.5, 0.6) is 0 Å². The molecule has 1 aliphatic heterocycles. The zero-order chi connectivity index (χ0) is 15.5. The third-order valence-electron chi connectivity index (χ3n) is 4.57. The van der Waals surface area contributed by atoms with E-state index in [0.29, 0.717) is 5.92 Å². The van der Waals surface area contributed by atoms with Gasteiger partial charge in [-0.3, -0.25) is 0 Å². The van der Waals surface area contributed by atoms with Gasteiger partial charge < -0.3 is 9.30 Å². The summed E-state index contributed by atoms with van der Waals surface area (Å²) in [6.45, 7) is 2.73. The van der Waals surface area contributed by atoms with E-state index in [1.54, 1.807) is 0 Å². The molecule has 4 nitrogen and oxygen atoms in total. The summed E-state index contributed by atoms with van der Waals surface area (Å²) in [5.41, 5.74) is 3.28. The minimum absolute atomic E-state index is 0.651. The first kappa shape index (κ1) is 14.4. The van der Waals surface area contributed by atoms with Crippen LogP contribution in [-0.2, 0) is 17.7 Å². The number of hydrogen-bond donors (Lipinski definition) is 0. The molecule has 0 N–H and O–H groups in total. The van der Waals surface area contributed by atoms with Crippen LogP contribution in [0.4, 0.5) is 0 Å². The monoisotopic (exact) mass is 307 g/mol. The van der Waals surface area contributed by atoms with E-state index in [2.05, 4.69) is 45.9 Å². The lowest BCUT2D eigenvalue weighted by Gasteiger charge is -2.23. The van der Waals surface area contributed by atoms with Crippen LogP contribution in [0, 0.1) is 5.92 Å². The second kappa shape index (κ2) is 6.50. The van der Waals surface area contributed by atoms with Crippen molar-refractivity contribution in [3.63, 3.8) is 0 Å². The quantitative estimate of drug-likeness (QED) is 0.741. The number of aromatic nitrogens is 3. The van der Waals surface area contributed by atoms with E-state index in [1.807, 2.05) is 12.3 Å². The van der Waals surface area contributed by atoms with Crippen molar-refractivity contribution in [1.82, 2.24) is 14.5 Å². The number of hydrogen-bond acceptors (Lipinski definition) is 3. The predicted molar refractivity (Wildman–Crippen MR) is 90.3 cm³/mol. The van der Waals surface area contributed by atoms with E-state index in [-0.39, 0.29) is 0 Å². The molecule has 0 saturated carbocycles. The normalized spacial score (nSPS) is 16.0. The highest BCUT2D eigenvalue weighted by molar-refractivity contribution is 5.71. The van der Waals surface area contributed by atoms with Gasteiger partial charge in [-0.05, 0) is 36.5 Å². The lowest BCUT2D eigenvalue weighted by atomic mass is 10.0. The van der Waals surface area contributed by atoms with E-state index in [1.165, 1.54) is 5.56 Å². The van der Waals surface area contributed by atoms with Gasteiger partial charge in [0.1, 0.15) is 11.3 Å². The molecule has 4 heteroatoms. The summed E-state index contributed by atoms with van der Waals surface area (Å²) in [6, 6.07) is 14.5. The minimum atomic E-state index is 0.651. The topological polar surface area (TPSA) is 39.9 Å². The van der Waals surface area contributed by atoms with Crippen molar-refractivity contribution < 1.29 is 4.74 Å². The summed E-state index contributed by atoms with van der Waals surface area (Å²) in [6.07, 6.45) is 4.95. The number of nitrogens with zero attached hydrogens (tertiary/aromatic N) is 3. The molecule has 1 fully saturated rings. The van der Waals surface area contributed by atoms with Crippen molar-refractivity contribution in [2.24, 2.45) is 5.92 Å². The maximum atomic E-state index is 5.49. The lowest BCUT2D eigenvalue weighted by Crippen LogP contribution is -2.21. The Hall–Kier alpha value is -2.20. The smallest absolute Gasteiger partial charge is 0.160 e. The zero-order valence-corrected chi connectivity index (χ0v) is 13.2. The molecule has 0 bridgehead atoms. The van der Waals surface area contributed by atoms with Gasteiger partial charge in [-0.15, -0.1) is 0 Å². The lowest BCUT2D eigenvalue weighted by molar-refractivity contribution is 0.0613. The van der Waals surface area contributed by atoms with Crippen LogP contribution in [0.1, 0.15) is 24.2 Å². The van der Waals surface area contributed by atoms with Crippen molar-refractivity contribution >= 4 is 11.2 Å². The molecule has 0 spiro atoms. The first-order chi connectivity index (χ1) is 11.4. The molecule has 0 aliphatic carbocycles. The summed E-state index contributed by atoms with van der Waals surface area (Å²) in [5, 5.41) is 0. The number of ether oxygens (including phenoxy) is 1. The van der Waals surface area contributed by atoms with Gasteiger partial charge in [0.05, 0.1) is 0 Å². The van der Waals surface area contributed by atoms with Gasteiger partial charge in [-0.1, -0.05) is 30.3 Å². The molecule has 2 aromatic heterocycles. The molecule has 1 aliphatic rings. The third kappa shape index (κ3) is 3.13. The summed E-state index contributed by atoms with van der Waals surface area (Å²) in [7, 11) is 0. The van der Waals surface area contributed by atoms with Crippen molar-refractivity contribution in [2.75, 3.05) is 13.2 Å². The highest BCUT2D eigenvalue weighted by atomic mass is 16.5. The number of pyridine rings is 1. The predicted octanol–water partition coefficient (Wildman–Crippen LogP) is 3.45. The molecule has 0 unspecified atom stereocenters. The zero-order valence-electron chi connectivity index (χ0n) is 13.2. The summed E-state index contributed by atoms with van der Waals surface area (Å²) < 4.78 is 7.81. The van der Waals surface area contributed by atoms with Crippen molar-refractivity contribution in [3.8, 4) is 0 Å². The van der Waals surface area contributed by atoms with Crippen molar-refractivity contribution in [3.05, 3.63) is 60.0 Å². The molecule has 0 radical (unpaired) electrons. The number of imidazole rings is 1. The van der Waals surface area contributed by atoms with Gasteiger partial charge in [-0.25, -0.2) is 9.97 Å². The first-order valence-corrected chi connectivity index (χ1v) is 8.32. The standard InChI is InChI=1S/C19H21N3O/c1-2-5-15(6-3-1)13-18-21-17-7-4-10-20-19(17)22(18)14-16-8-11-23-12-9-16/h1-7,10,16H,8-9,11-14H2. The van der Waals surface area contributed by atoms with Gasteiger partial charge in [0, 0.05) is 32.4 Å². The second-order valence-corrected chi connectivity index (χ2v) is 6.20. The molecule has 118 valence electrons. The van der Waals surface area contributed by atoms with Crippen LogP contribution in [0.25, 0.3) is 11.2 Å². The summed E-state index contributed by atoms with van der Waals surface area (Å²) in [5.74, 6) is 1.76. The number of fused-ring (bicyclic) bond motifs is 1. The third-order valence-corrected chi connectivity index (χ3v) is 4.57. The van der Waals surface area contributed by atoms with Gasteiger partial charge in [0.25, 0.3) is 0 Å². The molecule has 3 heterocycles. The van der Waals surface area contributed by atoms with E-state index in [9.17, 15) is 0 Å². The minimum Gasteiger partial charge on any atom is -0.381 e. The Labute approximate surface area is 136 Å². The van der Waals surface area contributed by atoms with Crippen molar-refractivity contribution in [2.45, 2.75) is 25.8 Å². The molecule has 1 saturated heterocycles. The van der Waals surface area contributed by atoms with Crippen LogP contribution in [-0.4, -0.2) is 27.7 Å². The maximum absolute atomic E-state index is 5.49. The van der Waals surface area contributed by atoms with E-state index in [4.69, 9.17) is 9.72 Å². The average Bonchev–Trinajstić information content (AvgIpc) is 2.94. The van der Waals surface area contributed by atoms with Crippen LogP contribution in [0.15, 0.2) is 48.7 Å². The maximum Gasteiger partial charge on any atom is 0.160 e. The van der Waals surface area contributed by atoms with Crippen LogP contribution in [0.3, 0.4) is 0 Å². The van der Waals surface area contributed by atoms with E-state index >= 15 is 0 Å². The fraction of sp³-hybridized carbons (Fsp3) is 0.368. The Morgan fingerprint density at radius 2 is 1.87 bits per heavy atom. The molecular formula is C19H21N3O. The molecular weight excluding hydrogens is 286 g/mol. The fourth-order valence-electron chi connectivity index (χ4n) is 3.30. The largest absolute Gasteiger partial charge is 0.381 e. The van der Waals surface area contributed by atoms with Crippen LogP contribution in [0.2, 0.25) is 0 Å². The van der Waals surface area contributed by atoms with E-state index in [0.717, 1.165) is 56.0 Å². The number of benzene rings is 1. The van der Waals surface area contributed by atoms with Crippen molar-refractivity contribution in [1.29, 1.82) is 0 Å². The Kier molecular flexibility index (Phi) is 4.07. The fourth-order valence-corrected chi connectivity index (χ4v) is 3.30. The Morgan fingerprint density at radius 1 is 1.04 bits per heavy atom. The average molecular weight is 307 g/mol. The SMILES string of the molecule is c1ccc(Cc2nc3cccnc3n2CC2CCOCC2)cc1. The van der Waals surface area contributed by atoms with Gasteiger partial charge >= 0.3 is 0 Å². The van der Waals surface area contributed by atoms with Gasteiger partial charge in [-0.2, -0.15) is 0 Å². The number of rotatable bonds is 4. The molecule has 4 rings (SSSR count). The second-order valence-electron chi connectivity index (χ2n) is 6.20. The van der Waals surface area contributed by atoms with E-state index < -0.39 is 0 Å². The molecule has 0 atom stereocenters. The van der Waals surface area contributed by atoms with Crippen LogP contribution < -0.4 is 0 Å². The first-order valence-electron chi connectivity index (χ1n) is 8.32. The molecule has 0 amide bonds. The van der Waals surface area contributed by atoms with Gasteiger partial charge in [0.2, 0.25) is 0 Å². The Balaban J connectivity index is 1.69. The molecule has 1 aromatic carbocycles. The highest BCUT2D eigenvalue weighted by Gasteiger charge is 2.19. The Morgan fingerprint density at radius 3 is 2.70 bits per heavy atom. The van der Waals surface area contributed by atoms with Crippen LogP contribution >= 0.6 is 0 Å². The molecule has 23 heavy (non-hydrogen) atoms. The highest BCUT2D eigenvalue weighted by Crippen LogP contribution is 2.22. The van der Waals surface area contributed by atoms with Gasteiger partial charge in [0.15, 0.2) is 5.65 Å². The Bertz CT molecular complexity index is 776. The summed E-state index contributed by atoms with van der Waals surface area (Å²) in [4.78, 5) is 9.42. The molecule has 3 aromatic rings. The summed E-state index contributed by atoms with van der Waals surface area (Å²) >= 11 is 0.